The Bertz CT molecular complexity index is 1310. The number of benzene rings is 1. The van der Waals surface area contributed by atoms with Crippen molar-refractivity contribution in [2.45, 2.75) is 29.0 Å². The summed E-state index contributed by atoms with van der Waals surface area (Å²) < 4.78 is 98.4. The van der Waals surface area contributed by atoms with Crippen LogP contribution < -0.4 is 10.6 Å². The molecule has 1 aliphatic rings. The molecular weight excluding hydrogens is 461 g/mol. The Balaban J connectivity index is 1.89. The van der Waals surface area contributed by atoms with Crippen LogP contribution >= 0.6 is 0 Å². The SMILES string of the molecule is Cc1nc(N2CCO[C@@H](C(F)(F)F)C2)c2[nH]c(N)c(S(=O)(=O)c3cccc(F)c3F)c2n1. The number of nitrogen functional groups attached to an aromatic ring is 1. The van der Waals surface area contributed by atoms with E-state index >= 15 is 0 Å². The number of nitrogens with two attached hydrogens (primary N) is 1. The number of anilines is 2. The van der Waals surface area contributed by atoms with Crippen LogP contribution in [0.5, 0.6) is 0 Å². The highest BCUT2D eigenvalue weighted by Gasteiger charge is 2.44. The molecule has 0 bridgehead atoms. The number of sulfone groups is 1. The lowest BCUT2D eigenvalue weighted by molar-refractivity contribution is -0.221. The van der Waals surface area contributed by atoms with Crippen molar-refractivity contribution >= 4 is 32.5 Å². The Morgan fingerprint density at radius 2 is 1.97 bits per heavy atom. The summed E-state index contributed by atoms with van der Waals surface area (Å²) in [6.07, 6.45) is -6.68. The number of H-pyrrole nitrogens is 1. The minimum absolute atomic E-state index is 0.0158. The van der Waals surface area contributed by atoms with E-state index in [9.17, 15) is 30.4 Å². The molecule has 3 N–H and O–H groups in total. The number of alkyl halides is 3. The second-order valence-corrected chi connectivity index (χ2v) is 8.94. The number of aromatic nitrogens is 3. The smallest absolute Gasteiger partial charge is 0.384 e. The molecule has 3 heterocycles. The van der Waals surface area contributed by atoms with Gasteiger partial charge in [-0.1, -0.05) is 6.07 Å². The lowest BCUT2D eigenvalue weighted by Gasteiger charge is -2.34. The summed E-state index contributed by atoms with van der Waals surface area (Å²) in [7, 11) is -4.69. The molecule has 1 aliphatic heterocycles. The van der Waals surface area contributed by atoms with E-state index in [0.717, 1.165) is 18.2 Å². The van der Waals surface area contributed by atoms with Gasteiger partial charge in [-0.3, -0.25) is 0 Å². The molecule has 1 aromatic carbocycles. The molecule has 0 radical (unpaired) electrons. The number of hydrogen-bond donors (Lipinski definition) is 2. The molecule has 1 atom stereocenters. The summed E-state index contributed by atoms with van der Waals surface area (Å²) >= 11 is 0. The van der Waals surface area contributed by atoms with Crippen molar-refractivity contribution in [2.75, 3.05) is 30.3 Å². The molecule has 32 heavy (non-hydrogen) atoms. The molecule has 1 fully saturated rings. The Morgan fingerprint density at radius 1 is 1.25 bits per heavy atom. The lowest BCUT2D eigenvalue weighted by atomic mass is 10.2. The zero-order valence-electron chi connectivity index (χ0n) is 16.4. The van der Waals surface area contributed by atoms with Crippen LogP contribution in [0, 0.1) is 18.6 Å². The maximum atomic E-state index is 14.3. The van der Waals surface area contributed by atoms with E-state index in [1.165, 1.54) is 11.8 Å². The van der Waals surface area contributed by atoms with E-state index in [4.69, 9.17) is 10.5 Å². The van der Waals surface area contributed by atoms with Crippen molar-refractivity contribution in [1.82, 2.24) is 15.0 Å². The minimum Gasteiger partial charge on any atom is -0.384 e. The molecule has 1 saturated heterocycles. The maximum Gasteiger partial charge on any atom is 0.416 e. The lowest BCUT2D eigenvalue weighted by Crippen LogP contribution is -2.49. The van der Waals surface area contributed by atoms with Gasteiger partial charge in [0.1, 0.15) is 32.5 Å². The van der Waals surface area contributed by atoms with Crippen molar-refractivity contribution in [3.05, 3.63) is 35.7 Å². The third-order valence-electron chi connectivity index (χ3n) is 4.93. The van der Waals surface area contributed by atoms with Gasteiger partial charge in [0.05, 0.1) is 13.2 Å². The first kappa shape index (κ1) is 22.2. The third-order valence-corrected chi connectivity index (χ3v) is 6.77. The molecule has 0 spiro atoms. The second-order valence-electron chi connectivity index (χ2n) is 7.09. The molecule has 0 amide bonds. The summed E-state index contributed by atoms with van der Waals surface area (Å²) in [5, 5.41) is 0. The fourth-order valence-corrected chi connectivity index (χ4v) is 5.05. The molecular formula is C18H16F5N5O3S. The van der Waals surface area contributed by atoms with Crippen LogP contribution in [0.3, 0.4) is 0 Å². The normalized spacial score (nSPS) is 17.8. The Kier molecular flexibility index (Phi) is 5.24. The average molecular weight is 477 g/mol. The van der Waals surface area contributed by atoms with Crippen molar-refractivity contribution < 1.29 is 35.1 Å². The number of aryl methyl sites for hydroxylation is 1. The first-order chi connectivity index (χ1) is 14.9. The summed E-state index contributed by atoms with van der Waals surface area (Å²) in [5.74, 6) is -3.38. The monoisotopic (exact) mass is 477 g/mol. The summed E-state index contributed by atoms with van der Waals surface area (Å²) in [6, 6.07) is 2.65. The van der Waals surface area contributed by atoms with Crippen LogP contribution in [0.2, 0.25) is 0 Å². The van der Waals surface area contributed by atoms with Gasteiger partial charge in [-0.05, 0) is 19.1 Å². The molecule has 0 aliphatic carbocycles. The topological polar surface area (TPSA) is 114 Å². The van der Waals surface area contributed by atoms with Gasteiger partial charge in [0.25, 0.3) is 0 Å². The van der Waals surface area contributed by atoms with Crippen molar-refractivity contribution in [1.29, 1.82) is 0 Å². The Labute approximate surface area is 178 Å². The number of fused-ring (bicyclic) bond motifs is 1. The van der Waals surface area contributed by atoms with E-state index < -0.39 is 55.9 Å². The quantitative estimate of drug-likeness (QED) is 0.558. The predicted molar refractivity (Wildman–Crippen MR) is 103 cm³/mol. The fourth-order valence-electron chi connectivity index (χ4n) is 3.50. The molecule has 3 aromatic rings. The number of hydrogen-bond acceptors (Lipinski definition) is 7. The number of ether oxygens (including phenoxy) is 1. The molecule has 0 unspecified atom stereocenters. The minimum atomic E-state index is -4.69. The van der Waals surface area contributed by atoms with E-state index in [-0.39, 0.29) is 35.8 Å². The van der Waals surface area contributed by atoms with Gasteiger partial charge >= 0.3 is 6.18 Å². The van der Waals surface area contributed by atoms with Gasteiger partial charge in [0, 0.05) is 6.54 Å². The zero-order valence-corrected chi connectivity index (χ0v) is 17.2. The first-order valence-electron chi connectivity index (χ1n) is 9.19. The number of nitrogens with one attached hydrogen (secondary N) is 1. The summed E-state index contributed by atoms with van der Waals surface area (Å²) in [4.78, 5) is 10.5. The van der Waals surface area contributed by atoms with Crippen LogP contribution in [0.25, 0.3) is 11.0 Å². The molecule has 2 aromatic heterocycles. The summed E-state index contributed by atoms with van der Waals surface area (Å²) in [5.41, 5.74) is 5.57. The number of nitrogens with zero attached hydrogens (tertiary/aromatic N) is 3. The van der Waals surface area contributed by atoms with E-state index in [1.54, 1.807) is 0 Å². The van der Waals surface area contributed by atoms with Crippen molar-refractivity contribution in [3.63, 3.8) is 0 Å². The van der Waals surface area contributed by atoms with Gasteiger partial charge in [0.2, 0.25) is 9.84 Å². The number of rotatable bonds is 3. The van der Waals surface area contributed by atoms with Crippen LogP contribution in [-0.2, 0) is 14.6 Å². The molecule has 0 saturated carbocycles. The molecule has 172 valence electrons. The van der Waals surface area contributed by atoms with E-state index in [1.807, 2.05) is 0 Å². The van der Waals surface area contributed by atoms with Crippen LogP contribution in [0.4, 0.5) is 33.6 Å². The predicted octanol–water partition coefficient (Wildman–Crippen LogP) is 2.73. The Hall–Kier alpha value is -3.00. The molecule has 4 rings (SSSR count). The van der Waals surface area contributed by atoms with Gasteiger partial charge in [-0.2, -0.15) is 13.2 Å². The number of halogens is 5. The van der Waals surface area contributed by atoms with Crippen LogP contribution in [0.1, 0.15) is 5.82 Å². The number of aromatic amines is 1. The average Bonchev–Trinajstić information content (AvgIpc) is 3.05. The van der Waals surface area contributed by atoms with Gasteiger partial charge in [0.15, 0.2) is 23.6 Å². The van der Waals surface area contributed by atoms with E-state index in [0.29, 0.717) is 0 Å². The molecule has 8 nitrogen and oxygen atoms in total. The highest BCUT2D eigenvalue weighted by Crippen LogP contribution is 2.37. The standard InChI is InChI=1S/C18H16F5N5O3S/c1-8-25-13-14(17(26-8)28-5-6-31-11(7-28)18(21,22)23)27-16(24)15(13)32(29,30)10-4-2-3-9(19)12(10)20/h2-4,11,27H,5-7,24H2,1H3/t11-/m1/s1. The first-order valence-corrected chi connectivity index (χ1v) is 10.7. The van der Waals surface area contributed by atoms with Crippen molar-refractivity contribution in [3.8, 4) is 0 Å². The van der Waals surface area contributed by atoms with Gasteiger partial charge < -0.3 is 20.4 Å². The van der Waals surface area contributed by atoms with Crippen LogP contribution in [0.15, 0.2) is 28.0 Å². The van der Waals surface area contributed by atoms with Crippen LogP contribution in [-0.4, -0.2) is 55.3 Å². The van der Waals surface area contributed by atoms with Gasteiger partial charge in [-0.25, -0.2) is 27.2 Å². The largest absolute Gasteiger partial charge is 0.416 e. The summed E-state index contributed by atoms with van der Waals surface area (Å²) in [6.45, 7) is 0.615. The highest BCUT2D eigenvalue weighted by atomic mass is 32.2. The third kappa shape index (κ3) is 3.62. The molecule has 14 heteroatoms. The number of morpholine rings is 1. The maximum absolute atomic E-state index is 14.3. The highest BCUT2D eigenvalue weighted by molar-refractivity contribution is 7.92. The second kappa shape index (κ2) is 7.55. The Morgan fingerprint density at radius 3 is 2.66 bits per heavy atom. The van der Waals surface area contributed by atoms with E-state index in [2.05, 4.69) is 15.0 Å². The van der Waals surface area contributed by atoms with Crippen molar-refractivity contribution in [2.24, 2.45) is 0 Å². The van der Waals surface area contributed by atoms with Gasteiger partial charge in [-0.15, -0.1) is 0 Å². The fraction of sp³-hybridized carbons (Fsp3) is 0.333. The zero-order chi connectivity index (χ0) is 23.4.